The van der Waals surface area contributed by atoms with Gasteiger partial charge in [-0.2, -0.15) is 0 Å². The molecule has 2 saturated carbocycles. The summed E-state index contributed by atoms with van der Waals surface area (Å²) in [6.45, 7) is 4.59. The maximum Gasteiger partial charge on any atom is 0.0979 e. The molecule has 4 rings (SSSR count). The molecule has 4 aliphatic rings. The fourth-order valence-electron chi connectivity index (χ4n) is 5.03. The minimum atomic E-state index is 0.365. The Labute approximate surface area is 91.9 Å². The maximum absolute atomic E-state index is 5.96. The van der Waals surface area contributed by atoms with Crippen molar-refractivity contribution in [2.24, 2.45) is 23.7 Å². The van der Waals surface area contributed by atoms with E-state index in [1.54, 1.807) is 5.57 Å². The lowest BCUT2D eigenvalue weighted by Gasteiger charge is -2.37. The molecule has 6 atom stereocenters. The minimum absolute atomic E-state index is 0.365. The zero-order valence-electron chi connectivity index (χ0n) is 9.70. The number of hydrogen-bond acceptors (Lipinski definition) is 1. The van der Waals surface area contributed by atoms with Crippen LogP contribution in [-0.4, -0.2) is 11.7 Å². The van der Waals surface area contributed by atoms with Gasteiger partial charge in [-0.1, -0.05) is 11.6 Å². The maximum atomic E-state index is 5.96. The van der Waals surface area contributed by atoms with Gasteiger partial charge in [0.1, 0.15) is 0 Å². The molecule has 2 bridgehead atoms. The van der Waals surface area contributed by atoms with E-state index < -0.39 is 0 Å². The Morgan fingerprint density at radius 2 is 2.20 bits per heavy atom. The van der Waals surface area contributed by atoms with Crippen molar-refractivity contribution in [2.75, 3.05) is 0 Å². The molecule has 1 heteroatoms. The summed E-state index contributed by atoms with van der Waals surface area (Å²) in [5.41, 5.74) is 2.00. The molecular formula is C14H20O. The number of rotatable bonds is 0. The Bertz CT molecular complexity index is 345. The average molecular weight is 204 g/mol. The van der Waals surface area contributed by atoms with Gasteiger partial charge in [0.2, 0.25) is 0 Å². The van der Waals surface area contributed by atoms with E-state index in [2.05, 4.69) is 19.9 Å². The van der Waals surface area contributed by atoms with Crippen molar-refractivity contribution >= 4 is 0 Å². The van der Waals surface area contributed by atoms with Gasteiger partial charge in [-0.05, 0) is 63.2 Å². The van der Waals surface area contributed by atoms with Crippen LogP contribution in [0.1, 0.15) is 39.5 Å². The molecule has 0 aromatic carbocycles. The largest absolute Gasteiger partial charge is 0.366 e. The van der Waals surface area contributed by atoms with Crippen molar-refractivity contribution in [1.82, 2.24) is 0 Å². The summed E-state index contributed by atoms with van der Waals surface area (Å²) in [6, 6.07) is 0. The van der Waals surface area contributed by atoms with Crippen LogP contribution >= 0.6 is 0 Å². The molecule has 0 amide bonds. The average Bonchev–Trinajstić information content (AvgIpc) is 2.61. The van der Waals surface area contributed by atoms with Crippen LogP contribution in [0.3, 0.4) is 0 Å². The molecule has 0 N–H and O–H groups in total. The van der Waals surface area contributed by atoms with Gasteiger partial charge < -0.3 is 4.74 Å². The van der Waals surface area contributed by atoms with Crippen LogP contribution in [0, 0.1) is 23.7 Å². The van der Waals surface area contributed by atoms with Gasteiger partial charge in [0, 0.05) is 0 Å². The number of epoxide rings is 1. The Kier molecular flexibility index (Phi) is 1.47. The molecular weight excluding hydrogens is 184 g/mol. The number of hydrogen-bond donors (Lipinski definition) is 0. The second-order valence-corrected chi connectivity index (χ2v) is 6.34. The molecule has 82 valence electrons. The van der Waals surface area contributed by atoms with Crippen LogP contribution in [0.4, 0.5) is 0 Å². The topological polar surface area (TPSA) is 12.5 Å². The number of allylic oxidation sites excluding steroid dienone is 2. The molecule has 1 spiro atoms. The zero-order valence-corrected chi connectivity index (χ0v) is 9.70. The third kappa shape index (κ3) is 0.939. The molecule has 0 aromatic heterocycles. The predicted octanol–water partition coefficient (Wildman–Crippen LogP) is 3.16. The van der Waals surface area contributed by atoms with Crippen molar-refractivity contribution in [1.29, 1.82) is 0 Å². The van der Waals surface area contributed by atoms with Crippen molar-refractivity contribution in [3.8, 4) is 0 Å². The molecule has 3 aliphatic carbocycles. The van der Waals surface area contributed by atoms with Gasteiger partial charge in [0.15, 0.2) is 0 Å². The molecule has 1 heterocycles. The van der Waals surface area contributed by atoms with Crippen LogP contribution in [0.15, 0.2) is 11.6 Å². The molecule has 3 fully saturated rings. The summed E-state index contributed by atoms with van der Waals surface area (Å²) in [5.74, 6) is 3.89. The van der Waals surface area contributed by atoms with Crippen LogP contribution < -0.4 is 0 Å². The number of ether oxygens (including phenoxy) is 1. The highest BCUT2D eigenvalue weighted by Crippen LogP contribution is 2.68. The normalized spacial score (nSPS) is 60.7. The lowest BCUT2D eigenvalue weighted by Crippen LogP contribution is -2.36. The first-order valence-corrected chi connectivity index (χ1v) is 6.54. The standard InChI is InChI=1S/C14H20O/c1-8-3-4-11-10-6-13(12(11)5-8)14(7-10)9(2)15-14/h3,9-13H,4-7H2,1-2H3/t9?,10?,11-,12-,13?,14+/m1/s1. The first-order valence-electron chi connectivity index (χ1n) is 6.54. The predicted molar refractivity (Wildman–Crippen MR) is 59.5 cm³/mol. The first kappa shape index (κ1) is 8.81. The second kappa shape index (κ2) is 2.51. The highest BCUT2D eigenvalue weighted by atomic mass is 16.6. The first-order chi connectivity index (χ1) is 7.21. The van der Waals surface area contributed by atoms with Crippen LogP contribution in [-0.2, 0) is 4.74 Å². The molecule has 15 heavy (non-hydrogen) atoms. The third-order valence-electron chi connectivity index (χ3n) is 5.76. The van der Waals surface area contributed by atoms with E-state index in [0.29, 0.717) is 11.7 Å². The third-order valence-corrected chi connectivity index (χ3v) is 5.76. The van der Waals surface area contributed by atoms with Crippen molar-refractivity contribution in [2.45, 2.75) is 51.2 Å². The van der Waals surface area contributed by atoms with Gasteiger partial charge >= 0.3 is 0 Å². The molecule has 1 nitrogen and oxygen atoms in total. The molecule has 0 radical (unpaired) electrons. The monoisotopic (exact) mass is 204 g/mol. The summed E-state index contributed by atoms with van der Waals surface area (Å²) in [6.07, 6.45) is 8.64. The highest BCUT2D eigenvalue weighted by Gasteiger charge is 2.70. The van der Waals surface area contributed by atoms with Crippen molar-refractivity contribution in [3.05, 3.63) is 11.6 Å². The van der Waals surface area contributed by atoms with Crippen LogP contribution in [0.25, 0.3) is 0 Å². The van der Waals surface area contributed by atoms with Gasteiger partial charge in [-0.3, -0.25) is 0 Å². The van der Waals surface area contributed by atoms with Crippen molar-refractivity contribution < 1.29 is 4.74 Å². The van der Waals surface area contributed by atoms with Gasteiger partial charge in [0.25, 0.3) is 0 Å². The molecule has 1 aliphatic heterocycles. The van der Waals surface area contributed by atoms with E-state index in [-0.39, 0.29) is 0 Å². The zero-order chi connectivity index (χ0) is 10.2. The van der Waals surface area contributed by atoms with E-state index in [9.17, 15) is 0 Å². The van der Waals surface area contributed by atoms with Crippen LogP contribution in [0.5, 0.6) is 0 Å². The van der Waals surface area contributed by atoms with Gasteiger partial charge in [-0.25, -0.2) is 0 Å². The van der Waals surface area contributed by atoms with E-state index >= 15 is 0 Å². The fourth-order valence-corrected chi connectivity index (χ4v) is 5.03. The van der Waals surface area contributed by atoms with Gasteiger partial charge in [0.05, 0.1) is 11.7 Å². The quantitative estimate of drug-likeness (QED) is 0.436. The van der Waals surface area contributed by atoms with Gasteiger partial charge in [-0.15, -0.1) is 0 Å². The summed E-state index contributed by atoms with van der Waals surface area (Å²) < 4.78 is 5.96. The molecule has 0 aromatic rings. The molecule has 3 unspecified atom stereocenters. The Morgan fingerprint density at radius 3 is 2.93 bits per heavy atom. The lowest BCUT2D eigenvalue weighted by atomic mass is 9.67. The highest BCUT2D eigenvalue weighted by molar-refractivity contribution is 5.22. The Morgan fingerprint density at radius 1 is 1.40 bits per heavy atom. The number of fused-ring (bicyclic) bond motifs is 6. The van der Waals surface area contributed by atoms with Crippen molar-refractivity contribution in [3.63, 3.8) is 0 Å². The Balaban J connectivity index is 1.68. The SMILES string of the molecule is CC1=CC[C@@H]2C3CC([C@@H]2C1)[C@@]1(C3)OC1C. The smallest absolute Gasteiger partial charge is 0.0979 e. The second-order valence-electron chi connectivity index (χ2n) is 6.34. The van der Waals surface area contributed by atoms with Crippen LogP contribution in [0.2, 0.25) is 0 Å². The lowest BCUT2D eigenvalue weighted by molar-refractivity contribution is 0.114. The fraction of sp³-hybridized carbons (Fsp3) is 0.857. The summed E-state index contributed by atoms with van der Waals surface area (Å²) in [4.78, 5) is 0. The Hall–Kier alpha value is -0.300. The minimum Gasteiger partial charge on any atom is -0.366 e. The van der Waals surface area contributed by atoms with E-state index in [0.717, 1.165) is 23.7 Å². The summed E-state index contributed by atoms with van der Waals surface area (Å²) in [5, 5.41) is 0. The van der Waals surface area contributed by atoms with E-state index in [1.807, 2.05) is 0 Å². The van der Waals surface area contributed by atoms with E-state index in [1.165, 1.54) is 25.7 Å². The molecule has 1 saturated heterocycles. The summed E-state index contributed by atoms with van der Waals surface area (Å²) >= 11 is 0. The van der Waals surface area contributed by atoms with E-state index in [4.69, 9.17) is 4.74 Å². The summed E-state index contributed by atoms with van der Waals surface area (Å²) in [7, 11) is 0.